The number of fused-ring (bicyclic) bond motifs is 3. The van der Waals surface area contributed by atoms with Gasteiger partial charge in [-0.05, 0) is 38.5 Å². The molecule has 3 aliphatic rings. The van der Waals surface area contributed by atoms with E-state index in [0.717, 1.165) is 18.7 Å². The number of carbonyl (C=O) groups excluding carboxylic acids is 1. The Balaban J connectivity index is 1.43. The van der Waals surface area contributed by atoms with Gasteiger partial charge in [0.25, 0.3) is 0 Å². The molecule has 3 atom stereocenters. The molecule has 4 heterocycles. The first kappa shape index (κ1) is 22.6. The van der Waals surface area contributed by atoms with Gasteiger partial charge in [0.2, 0.25) is 0 Å². The van der Waals surface area contributed by atoms with Crippen molar-refractivity contribution in [2.75, 3.05) is 49.5 Å². The van der Waals surface area contributed by atoms with Gasteiger partial charge in [0.05, 0.1) is 16.9 Å². The standard InChI is InChI=1S/C24H32FN7O2/c1-4-24-13-27-22-20(10-19(28-29-22)17-6-5-7-18(25)21(17)33)32(24)9-8-30(14-24)23(34)31-12-15(2)26-11-16(31)3/h5-7,10,15-16,26,33H,4,8-9,11-14H2,1-3H3,(H,27,29)/t15-,16+,24?/m0/s1. The van der Waals surface area contributed by atoms with Crippen LogP contribution in [0.4, 0.5) is 20.7 Å². The summed E-state index contributed by atoms with van der Waals surface area (Å²) in [4.78, 5) is 19.8. The van der Waals surface area contributed by atoms with E-state index in [1.807, 2.05) is 15.9 Å². The number of nitrogens with one attached hydrogen (secondary N) is 2. The molecule has 0 bridgehead atoms. The Morgan fingerprint density at radius 3 is 2.91 bits per heavy atom. The lowest BCUT2D eigenvalue weighted by atomic mass is 9.87. The molecule has 9 nitrogen and oxygen atoms in total. The summed E-state index contributed by atoms with van der Waals surface area (Å²) in [6.45, 7) is 10.3. The molecule has 1 unspecified atom stereocenters. The highest BCUT2D eigenvalue weighted by atomic mass is 19.1. The number of rotatable bonds is 2. The number of nitrogens with zero attached hydrogens (tertiary/aromatic N) is 5. The van der Waals surface area contributed by atoms with E-state index in [9.17, 15) is 14.3 Å². The molecule has 5 rings (SSSR count). The first-order valence-electron chi connectivity index (χ1n) is 12.0. The van der Waals surface area contributed by atoms with E-state index in [1.54, 1.807) is 12.1 Å². The summed E-state index contributed by atoms with van der Waals surface area (Å²) >= 11 is 0. The van der Waals surface area contributed by atoms with Crippen molar-refractivity contribution in [3.63, 3.8) is 0 Å². The SMILES string of the molecule is CCC12CNc3nnc(-c4cccc(F)c4O)cc3N1CCN(C(=O)N1C[C@H](C)NC[C@H]1C)C2. The van der Waals surface area contributed by atoms with Crippen LogP contribution in [-0.4, -0.2) is 88.0 Å². The molecule has 182 valence electrons. The van der Waals surface area contributed by atoms with Gasteiger partial charge in [-0.2, -0.15) is 0 Å². The maximum atomic E-state index is 13.9. The van der Waals surface area contributed by atoms with E-state index < -0.39 is 11.6 Å². The summed E-state index contributed by atoms with van der Waals surface area (Å²) in [5, 5.41) is 25.6. The van der Waals surface area contributed by atoms with Gasteiger partial charge < -0.3 is 30.4 Å². The second kappa shape index (κ2) is 8.57. The number of benzene rings is 1. The van der Waals surface area contributed by atoms with Gasteiger partial charge in [0.1, 0.15) is 0 Å². The highest BCUT2D eigenvalue weighted by Gasteiger charge is 2.46. The van der Waals surface area contributed by atoms with Crippen LogP contribution in [0.2, 0.25) is 0 Å². The van der Waals surface area contributed by atoms with Crippen molar-refractivity contribution in [2.24, 2.45) is 0 Å². The highest BCUT2D eigenvalue weighted by molar-refractivity contribution is 5.79. The minimum Gasteiger partial charge on any atom is -0.504 e. The van der Waals surface area contributed by atoms with Crippen molar-refractivity contribution in [3.05, 3.63) is 30.1 Å². The lowest BCUT2D eigenvalue weighted by Gasteiger charge is -2.55. The molecule has 0 aliphatic carbocycles. The smallest absolute Gasteiger partial charge is 0.320 e. The third-order valence-corrected chi connectivity index (χ3v) is 7.50. The number of hydrogen-bond acceptors (Lipinski definition) is 7. The number of hydrogen-bond donors (Lipinski definition) is 3. The first-order chi connectivity index (χ1) is 16.3. The molecule has 3 N–H and O–H groups in total. The average molecular weight is 470 g/mol. The average Bonchev–Trinajstić information content (AvgIpc) is 2.86. The summed E-state index contributed by atoms with van der Waals surface area (Å²) in [6, 6.07) is 6.77. The second-order valence-electron chi connectivity index (χ2n) is 9.70. The van der Waals surface area contributed by atoms with Crippen molar-refractivity contribution in [1.82, 2.24) is 25.3 Å². The van der Waals surface area contributed by atoms with Crippen LogP contribution in [0.3, 0.4) is 0 Å². The lowest BCUT2D eigenvalue weighted by Crippen LogP contribution is -2.70. The van der Waals surface area contributed by atoms with Crippen LogP contribution in [0.25, 0.3) is 11.3 Å². The number of halogens is 1. The molecule has 10 heteroatoms. The fourth-order valence-corrected chi connectivity index (χ4v) is 5.38. The maximum absolute atomic E-state index is 13.9. The van der Waals surface area contributed by atoms with Gasteiger partial charge in [-0.1, -0.05) is 13.0 Å². The summed E-state index contributed by atoms with van der Waals surface area (Å²) in [6.07, 6.45) is 0.833. The molecule has 1 aromatic carbocycles. The Bertz CT molecular complexity index is 1100. The van der Waals surface area contributed by atoms with Gasteiger partial charge in [-0.15, -0.1) is 10.2 Å². The van der Waals surface area contributed by atoms with Crippen LogP contribution in [0.15, 0.2) is 24.3 Å². The third kappa shape index (κ3) is 3.70. The summed E-state index contributed by atoms with van der Waals surface area (Å²) < 4.78 is 13.9. The van der Waals surface area contributed by atoms with Crippen LogP contribution in [-0.2, 0) is 0 Å². The van der Waals surface area contributed by atoms with E-state index in [-0.39, 0.29) is 23.7 Å². The van der Waals surface area contributed by atoms with Gasteiger partial charge >= 0.3 is 6.03 Å². The zero-order valence-electron chi connectivity index (χ0n) is 19.9. The van der Waals surface area contributed by atoms with Crippen molar-refractivity contribution < 1.29 is 14.3 Å². The Hall–Kier alpha value is -3.14. The molecule has 3 aliphatic heterocycles. The van der Waals surface area contributed by atoms with E-state index in [1.165, 1.54) is 6.07 Å². The molecule has 2 aromatic rings. The maximum Gasteiger partial charge on any atom is 0.320 e. The lowest BCUT2D eigenvalue weighted by molar-refractivity contribution is 0.0963. The number of phenols is 1. The van der Waals surface area contributed by atoms with E-state index in [4.69, 9.17) is 0 Å². The van der Waals surface area contributed by atoms with Crippen molar-refractivity contribution in [3.8, 4) is 17.0 Å². The van der Waals surface area contributed by atoms with Crippen LogP contribution >= 0.6 is 0 Å². The highest BCUT2D eigenvalue weighted by Crippen LogP contribution is 2.41. The van der Waals surface area contributed by atoms with E-state index in [0.29, 0.717) is 49.8 Å². The largest absolute Gasteiger partial charge is 0.504 e. The number of aromatic nitrogens is 2. The number of carbonyl (C=O) groups is 1. The zero-order chi connectivity index (χ0) is 24.0. The van der Waals surface area contributed by atoms with Gasteiger partial charge in [-0.25, -0.2) is 9.18 Å². The summed E-state index contributed by atoms with van der Waals surface area (Å²) in [5.74, 6) is -0.466. The number of urea groups is 1. The number of aromatic hydroxyl groups is 1. The number of phenolic OH excluding ortho intramolecular Hbond substituents is 1. The molecule has 0 radical (unpaired) electrons. The number of piperazine rings is 2. The second-order valence-corrected chi connectivity index (χ2v) is 9.70. The van der Waals surface area contributed by atoms with Crippen molar-refractivity contribution in [1.29, 1.82) is 0 Å². The minimum atomic E-state index is -0.693. The number of amides is 2. The molecule has 2 saturated heterocycles. The van der Waals surface area contributed by atoms with Crippen LogP contribution < -0.4 is 15.5 Å². The molecule has 0 saturated carbocycles. The molecular weight excluding hydrogens is 437 g/mol. The normalized spacial score (nSPS) is 26.5. The minimum absolute atomic E-state index is 0.0948. The molecule has 0 spiro atoms. The third-order valence-electron chi connectivity index (χ3n) is 7.50. The molecular formula is C24H32FN7O2. The van der Waals surface area contributed by atoms with Gasteiger partial charge in [-0.3, -0.25) is 0 Å². The van der Waals surface area contributed by atoms with E-state index in [2.05, 4.69) is 46.5 Å². The summed E-state index contributed by atoms with van der Waals surface area (Å²) in [5.41, 5.74) is 1.27. The van der Waals surface area contributed by atoms with Crippen molar-refractivity contribution in [2.45, 2.75) is 44.8 Å². The van der Waals surface area contributed by atoms with Crippen LogP contribution in [0, 0.1) is 5.82 Å². The zero-order valence-corrected chi connectivity index (χ0v) is 19.9. The predicted octanol–water partition coefficient (Wildman–Crippen LogP) is 2.49. The Labute approximate surface area is 198 Å². The van der Waals surface area contributed by atoms with Crippen molar-refractivity contribution >= 4 is 17.5 Å². The summed E-state index contributed by atoms with van der Waals surface area (Å²) in [7, 11) is 0. The van der Waals surface area contributed by atoms with Crippen LogP contribution in [0.1, 0.15) is 27.2 Å². The number of anilines is 2. The topological polar surface area (TPSA) is 96.9 Å². The Morgan fingerprint density at radius 1 is 1.29 bits per heavy atom. The molecule has 1 aromatic heterocycles. The molecule has 34 heavy (non-hydrogen) atoms. The Kier molecular flexibility index (Phi) is 5.71. The monoisotopic (exact) mass is 469 g/mol. The van der Waals surface area contributed by atoms with Gasteiger partial charge in [0, 0.05) is 56.9 Å². The molecule has 2 fully saturated rings. The molecule has 2 amide bonds. The van der Waals surface area contributed by atoms with E-state index >= 15 is 0 Å². The first-order valence-corrected chi connectivity index (χ1v) is 12.0. The fraction of sp³-hybridized carbons (Fsp3) is 0.542. The fourth-order valence-electron chi connectivity index (χ4n) is 5.38. The van der Waals surface area contributed by atoms with Gasteiger partial charge in [0.15, 0.2) is 17.4 Å². The van der Waals surface area contributed by atoms with Crippen LogP contribution in [0.5, 0.6) is 5.75 Å². The predicted molar refractivity (Wildman–Crippen MR) is 129 cm³/mol. The number of para-hydroxylation sites is 1. The quantitative estimate of drug-likeness (QED) is 0.622. The Morgan fingerprint density at radius 2 is 2.12 bits per heavy atom.